The topological polar surface area (TPSA) is 49.4 Å². The quantitative estimate of drug-likeness (QED) is 0.605. The van der Waals surface area contributed by atoms with Gasteiger partial charge in [-0.2, -0.15) is 0 Å². The van der Waals surface area contributed by atoms with Crippen LogP contribution < -0.4 is 5.32 Å². The molecule has 9 heteroatoms. The van der Waals surface area contributed by atoms with Gasteiger partial charge in [-0.1, -0.05) is 6.92 Å². The maximum Gasteiger partial charge on any atom is 0.254 e. The van der Waals surface area contributed by atoms with Crippen LogP contribution in [0.15, 0.2) is 30.3 Å². The molecule has 0 saturated carbocycles. The van der Waals surface area contributed by atoms with Gasteiger partial charge in [-0.15, -0.1) is 0 Å². The molecule has 0 aliphatic heterocycles. The van der Waals surface area contributed by atoms with Gasteiger partial charge in [0.15, 0.2) is 17.5 Å². The number of rotatable bonds is 6. The van der Waals surface area contributed by atoms with E-state index in [9.17, 15) is 31.5 Å². The molecule has 0 aliphatic carbocycles. The van der Waals surface area contributed by atoms with Crippen LogP contribution in [-0.2, 0) is 4.79 Å². The highest BCUT2D eigenvalue weighted by Crippen LogP contribution is 2.19. The lowest BCUT2D eigenvalue weighted by molar-refractivity contribution is -0.116. The molecule has 0 radical (unpaired) electrons. The van der Waals surface area contributed by atoms with Gasteiger partial charge in [-0.25, -0.2) is 22.0 Å². The second-order valence-electron chi connectivity index (χ2n) is 5.66. The summed E-state index contributed by atoms with van der Waals surface area (Å²) in [4.78, 5) is 25.5. The fourth-order valence-corrected chi connectivity index (χ4v) is 2.37. The molecule has 27 heavy (non-hydrogen) atoms. The van der Waals surface area contributed by atoms with Gasteiger partial charge in [0.1, 0.15) is 18.2 Å². The van der Waals surface area contributed by atoms with E-state index >= 15 is 0 Å². The van der Waals surface area contributed by atoms with Crippen molar-refractivity contribution in [3.63, 3.8) is 0 Å². The molecule has 2 rings (SSSR count). The fraction of sp³-hybridized carbons (Fsp3) is 0.222. The lowest BCUT2D eigenvalue weighted by atomic mass is 10.1. The summed E-state index contributed by atoms with van der Waals surface area (Å²) in [5.41, 5.74) is -0.896. The summed E-state index contributed by atoms with van der Waals surface area (Å²) >= 11 is 0. The van der Waals surface area contributed by atoms with Gasteiger partial charge in [0.25, 0.3) is 5.91 Å². The Morgan fingerprint density at radius 1 is 0.963 bits per heavy atom. The zero-order chi connectivity index (χ0) is 20.1. The lowest BCUT2D eigenvalue weighted by Crippen LogP contribution is -2.38. The highest BCUT2D eigenvalue weighted by molar-refractivity contribution is 5.99. The van der Waals surface area contributed by atoms with E-state index in [4.69, 9.17) is 0 Å². The van der Waals surface area contributed by atoms with Crippen molar-refractivity contribution in [2.75, 3.05) is 18.4 Å². The number of amides is 2. The van der Waals surface area contributed by atoms with Crippen molar-refractivity contribution in [1.29, 1.82) is 0 Å². The van der Waals surface area contributed by atoms with Crippen LogP contribution in [0.3, 0.4) is 0 Å². The number of halogens is 5. The summed E-state index contributed by atoms with van der Waals surface area (Å²) < 4.78 is 66.4. The Kier molecular flexibility index (Phi) is 6.49. The summed E-state index contributed by atoms with van der Waals surface area (Å²) in [6, 6.07) is 3.71. The molecule has 1 N–H and O–H groups in total. The van der Waals surface area contributed by atoms with E-state index in [0.717, 1.165) is 23.1 Å². The van der Waals surface area contributed by atoms with Crippen molar-refractivity contribution < 1.29 is 31.5 Å². The predicted octanol–water partition coefficient (Wildman–Crippen LogP) is 3.87. The molecule has 2 amide bonds. The molecule has 0 unspecified atom stereocenters. The van der Waals surface area contributed by atoms with E-state index in [1.54, 1.807) is 6.92 Å². The Labute approximate surface area is 151 Å². The van der Waals surface area contributed by atoms with Gasteiger partial charge in [0.2, 0.25) is 5.91 Å². The van der Waals surface area contributed by atoms with Gasteiger partial charge in [0.05, 0.1) is 5.69 Å². The van der Waals surface area contributed by atoms with Gasteiger partial charge >= 0.3 is 0 Å². The molecule has 4 nitrogen and oxygen atoms in total. The Hall–Kier alpha value is -2.97. The monoisotopic (exact) mass is 386 g/mol. The number of hydrogen-bond acceptors (Lipinski definition) is 2. The van der Waals surface area contributed by atoms with E-state index in [2.05, 4.69) is 0 Å². The molecule has 0 heterocycles. The maximum atomic E-state index is 13.6. The number of carbonyl (C=O) groups excluding carboxylic acids is 2. The minimum absolute atomic E-state index is 0.0741. The summed E-state index contributed by atoms with van der Waals surface area (Å²) in [6.07, 6.45) is 0.427. The second-order valence-corrected chi connectivity index (χ2v) is 5.66. The summed E-state index contributed by atoms with van der Waals surface area (Å²) in [5.74, 6) is -8.35. The highest BCUT2D eigenvalue weighted by atomic mass is 19.2. The number of anilines is 1. The van der Waals surface area contributed by atoms with Crippen molar-refractivity contribution in [3.8, 4) is 0 Å². The number of nitrogens with one attached hydrogen (secondary N) is 1. The van der Waals surface area contributed by atoms with Crippen LogP contribution in [0.5, 0.6) is 0 Å². The van der Waals surface area contributed by atoms with Gasteiger partial charge in [-0.05, 0) is 30.7 Å². The third-order valence-electron chi connectivity index (χ3n) is 3.53. The lowest BCUT2D eigenvalue weighted by Gasteiger charge is -2.22. The molecule has 2 aromatic rings. The predicted molar refractivity (Wildman–Crippen MR) is 87.5 cm³/mol. The number of carbonyl (C=O) groups is 2. The van der Waals surface area contributed by atoms with Crippen LogP contribution in [0.25, 0.3) is 0 Å². The molecule has 0 saturated heterocycles. The molecule has 0 atom stereocenters. The number of benzene rings is 2. The molecule has 0 fully saturated rings. The number of hydrogen-bond donors (Lipinski definition) is 1. The van der Waals surface area contributed by atoms with E-state index in [-0.39, 0.29) is 12.1 Å². The normalized spacial score (nSPS) is 10.6. The smallest absolute Gasteiger partial charge is 0.254 e. The Morgan fingerprint density at radius 2 is 1.59 bits per heavy atom. The average molecular weight is 386 g/mol. The molecule has 0 bridgehead atoms. The van der Waals surface area contributed by atoms with Crippen LogP contribution >= 0.6 is 0 Å². The Balaban J connectivity index is 2.16. The van der Waals surface area contributed by atoms with Crippen LogP contribution in [-0.4, -0.2) is 29.8 Å². The van der Waals surface area contributed by atoms with Crippen LogP contribution in [0.1, 0.15) is 23.7 Å². The van der Waals surface area contributed by atoms with Crippen molar-refractivity contribution in [2.45, 2.75) is 13.3 Å². The molecule has 0 aliphatic rings. The summed E-state index contributed by atoms with van der Waals surface area (Å²) in [6.45, 7) is 1.20. The zero-order valence-electron chi connectivity index (χ0n) is 14.2. The molecular weight excluding hydrogens is 371 g/mol. The SMILES string of the molecule is CCCN(CC(=O)Nc1ccc(F)c(F)c1F)C(=O)c1cc(F)cc(F)c1. The molecule has 0 spiro atoms. The van der Waals surface area contributed by atoms with Crippen molar-refractivity contribution in [1.82, 2.24) is 4.90 Å². The first-order valence-electron chi connectivity index (χ1n) is 7.91. The standard InChI is InChI=1S/C18H15F5N2O2/c1-2-5-25(18(27)10-6-11(19)8-12(20)7-10)9-15(26)24-14-4-3-13(21)16(22)17(14)23/h3-4,6-8H,2,5,9H2,1H3,(H,24,26). The molecule has 0 aromatic heterocycles. The Morgan fingerprint density at radius 3 is 2.19 bits per heavy atom. The summed E-state index contributed by atoms with van der Waals surface area (Å²) in [5, 5.41) is 2.03. The van der Waals surface area contributed by atoms with Crippen molar-refractivity contribution in [3.05, 3.63) is 65.0 Å². The molecule has 2 aromatic carbocycles. The van der Waals surface area contributed by atoms with Crippen molar-refractivity contribution in [2.24, 2.45) is 0 Å². The third-order valence-corrected chi connectivity index (χ3v) is 3.53. The zero-order valence-corrected chi connectivity index (χ0v) is 14.2. The third kappa shape index (κ3) is 5.02. The maximum absolute atomic E-state index is 13.6. The van der Waals surface area contributed by atoms with E-state index < -0.39 is 53.1 Å². The van der Waals surface area contributed by atoms with E-state index in [1.807, 2.05) is 5.32 Å². The van der Waals surface area contributed by atoms with Crippen LogP contribution in [0, 0.1) is 29.1 Å². The van der Waals surface area contributed by atoms with Gasteiger partial charge in [0, 0.05) is 18.2 Å². The van der Waals surface area contributed by atoms with Gasteiger partial charge < -0.3 is 10.2 Å². The minimum Gasteiger partial charge on any atom is -0.329 e. The average Bonchev–Trinajstić information content (AvgIpc) is 2.60. The van der Waals surface area contributed by atoms with Gasteiger partial charge in [-0.3, -0.25) is 9.59 Å². The van der Waals surface area contributed by atoms with Crippen molar-refractivity contribution >= 4 is 17.5 Å². The first-order chi connectivity index (χ1) is 12.7. The van der Waals surface area contributed by atoms with Crippen LogP contribution in [0.2, 0.25) is 0 Å². The largest absolute Gasteiger partial charge is 0.329 e. The first kappa shape index (κ1) is 20.3. The first-order valence-corrected chi connectivity index (χ1v) is 7.91. The Bertz CT molecular complexity index is 853. The highest BCUT2D eigenvalue weighted by Gasteiger charge is 2.21. The second kappa shape index (κ2) is 8.61. The fourth-order valence-electron chi connectivity index (χ4n) is 2.37. The summed E-state index contributed by atoms with van der Waals surface area (Å²) in [7, 11) is 0. The van der Waals surface area contributed by atoms with Crippen LogP contribution in [0.4, 0.5) is 27.6 Å². The minimum atomic E-state index is -1.75. The van der Waals surface area contributed by atoms with E-state index in [0.29, 0.717) is 18.6 Å². The van der Waals surface area contributed by atoms with E-state index in [1.165, 1.54) is 0 Å². The molecular formula is C18H15F5N2O2. The number of nitrogens with zero attached hydrogens (tertiary/aromatic N) is 1. The molecule has 144 valence electrons.